The molecule has 0 bridgehead atoms. The van der Waals surface area contributed by atoms with Crippen LogP contribution in [0.2, 0.25) is 0 Å². The number of rotatable bonds is 5. The van der Waals surface area contributed by atoms with Gasteiger partial charge < -0.3 is 4.90 Å². The predicted octanol–water partition coefficient (Wildman–Crippen LogP) is 4.12. The van der Waals surface area contributed by atoms with Gasteiger partial charge in [-0.25, -0.2) is 9.98 Å². The van der Waals surface area contributed by atoms with Crippen LogP contribution in [0.15, 0.2) is 16.6 Å². The van der Waals surface area contributed by atoms with E-state index >= 15 is 0 Å². The van der Waals surface area contributed by atoms with Gasteiger partial charge in [0.15, 0.2) is 0 Å². The molecule has 0 spiro atoms. The summed E-state index contributed by atoms with van der Waals surface area (Å²) < 4.78 is 0. The van der Waals surface area contributed by atoms with Crippen molar-refractivity contribution in [2.24, 2.45) is 4.99 Å². The Morgan fingerprint density at radius 1 is 1.43 bits per heavy atom. The van der Waals surface area contributed by atoms with Crippen LogP contribution in [0.4, 0.5) is 5.69 Å². The minimum absolute atomic E-state index is 0.565. The van der Waals surface area contributed by atoms with E-state index in [0.29, 0.717) is 5.56 Å². The first-order chi connectivity index (χ1) is 10.1. The highest BCUT2D eigenvalue weighted by Gasteiger charge is 2.24. The topological polar surface area (TPSA) is 52.3 Å². The summed E-state index contributed by atoms with van der Waals surface area (Å²) in [7, 11) is 0. The number of hydrogen-bond acceptors (Lipinski definition) is 5. The third-order valence-electron chi connectivity index (χ3n) is 3.43. The Kier molecular flexibility index (Phi) is 5.03. The van der Waals surface area contributed by atoms with Gasteiger partial charge in [0.25, 0.3) is 0 Å². The Labute approximate surface area is 130 Å². The molecule has 1 aromatic rings. The van der Waals surface area contributed by atoms with E-state index in [9.17, 15) is 5.26 Å². The van der Waals surface area contributed by atoms with Gasteiger partial charge in [-0.15, -0.1) is 11.8 Å². The minimum Gasteiger partial charge on any atom is -0.332 e. The molecule has 0 radical (unpaired) electrons. The van der Waals surface area contributed by atoms with E-state index in [1.54, 1.807) is 18.1 Å². The molecule has 4 nitrogen and oxygen atoms in total. The largest absolute Gasteiger partial charge is 0.332 e. The highest BCUT2D eigenvalue weighted by molar-refractivity contribution is 7.99. The molecule has 0 N–H and O–H groups in total. The molecule has 0 amide bonds. The Bertz CT molecular complexity index is 628. The van der Waals surface area contributed by atoms with Crippen LogP contribution in [0, 0.1) is 18.3 Å². The lowest BCUT2D eigenvalue weighted by atomic mass is 10.0. The van der Waals surface area contributed by atoms with Crippen molar-refractivity contribution in [3.8, 4) is 6.07 Å². The first kappa shape index (κ1) is 15.6. The summed E-state index contributed by atoms with van der Waals surface area (Å²) in [6, 6.07) is 2.26. The van der Waals surface area contributed by atoms with Crippen LogP contribution in [0.5, 0.6) is 0 Å². The number of nitriles is 1. The smallest absolute Gasteiger partial charge is 0.116 e. The summed E-state index contributed by atoms with van der Waals surface area (Å²) in [4.78, 5) is 11.2. The maximum atomic E-state index is 9.47. The molecule has 1 aliphatic rings. The van der Waals surface area contributed by atoms with E-state index in [4.69, 9.17) is 0 Å². The van der Waals surface area contributed by atoms with E-state index < -0.39 is 0 Å². The van der Waals surface area contributed by atoms with E-state index in [1.165, 1.54) is 0 Å². The van der Waals surface area contributed by atoms with Crippen molar-refractivity contribution in [1.82, 2.24) is 9.88 Å². The highest BCUT2D eigenvalue weighted by atomic mass is 32.2. The van der Waals surface area contributed by atoms with E-state index in [2.05, 4.69) is 36.5 Å². The van der Waals surface area contributed by atoms with Gasteiger partial charge in [-0.2, -0.15) is 5.26 Å². The Morgan fingerprint density at radius 2 is 2.19 bits per heavy atom. The van der Waals surface area contributed by atoms with E-state index in [-0.39, 0.29) is 0 Å². The second-order valence-electron chi connectivity index (χ2n) is 4.88. The molecule has 110 valence electrons. The zero-order valence-corrected chi connectivity index (χ0v) is 13.6. The minimum atomic E-state index is 0.565. The molecule has 5 heteroatoms. The molecule has 2 heterocycles. The molecule has 1 aliphatic heterocycles. The van der Waals surface area contributed by atoms with Gasteiger partial charge in [0.1, 0.15) is 16.7 Å². The average Bonchev–Trinajstić information content (AvgIpc) is 2.47. The number of nitrogens with zero attached hydrogens (tertiary/aromatic N) is 4. The van der Waals surface area contributed by atoms with Gasteiger partial charge in [-0.1, -0.05) is 26.8 Å². The van der Waals surface area contributed by atoms with Crippen molar-refractivity contribution in [2.75, 3.05) is 12.3 Å². The summed E-state index contributed by atoms with van der Waals surface area (Å²) in [5, 5.41) is 10.2. The van der Waals surface area contributed by atoms with Gasteiger partial charge >= 0.3 is 0 Å². The third kappa shape index (κ3) is 2.96. The van der Waals surface area contributed by atoms with Gasteiger partial charge in [-0.05, 0) is 19.1 Å². The molecule has 2 rings (SSSR count). The van der Waals surface area contributed by atoms with E-state index in [1.807, 2.05) is 11.8 Å². The number of fused-ring (bicyclic) bond motifs is 1. The summed E-state index contributed by atoms with van der Waals surface area (Å²) in [6.07, 6.45) is 4.00. The number of thioether (sulfide) groups is 1. The van der Waals surface area contributed by atoms with Gasteiger partial charge in [0.2, 0.25) is 0 Å². The Morgan fingerprint density at radius 3 is 2.81 bits per heavy atom. The quantitative estimate of drug-likeness (QED) is 0.768. The van der Waals surface area contributed by atoms with Crippen molar-refractivity contribution < 1.29 is 0 Å². The molecule has 21 heavy (non-hydrogen) atoms. The SMILES string of the molecule is C=C1c2c(C)nc(SCC)c(C#N)c2N=CN1CCCC. The van der Waals surface area contributed by atoms with Gasteiger partial charge in [0, 0.05) is 17.8 Å². The second-order valence-corrected chi connectivity index (χ2v) is 6.14. The molecule has 0 saturated carbocycles. The molecule has 1 aromatic heterocycles. The summed E-state index contributed by atoms with van der Waals surface area (Å²) >= 11 is 1.58. The summed E-state index contributed by atoms with van der Waals surface area (Å²) in [5.41, 5.74) is 3.98. The number of pyridine rings is 1. The van der Waals surface area contributed by atoms with Crippen LogP contribution in [0.3, 0.4) is 0 Å². The van der Waals surface area contributed by atoms with Crippen molar-refractivity contribution in [2.45, 2.75) is 38.6 Å². The summed E-state index contributed by atoms with van der Waals surface area (Å²) in [5.74, 6) is 0.882. The first-order valence-corrected chi connectivity index (χ1v) is 8.20. The molecular formula is C16H20N4S. The standard InChI is InChI=1S/C16H20N4S/c1-5-7-8-20-10-18-15-13(9-17)16(21-6-2)19-11(3)14(15)12(20)4/h10H,4-8H2,1-3H3. The Hall–Kier alpha value is -1.80. The monoisotopic (exact) mass is 300 g/mol. The van der Waals surface area contributed by atoms with Crippen molar-refractivity contribution in [3.05, 3.63) is 23.4 Å². The summed E-state index contributed by atoms with van der Waals surface area (Å²) in [6.45, 7) is 11.2. The molecule has 0 fully saturated rings. The van der Waals surface area contributed by atoms with Crippen molar-refractivity contribution in [3.63, 3.8) is 0 Å². The zero-order chi connectivity index (χ0) is 15.4. The lowest BCUT2D eigenvalue weighted by molar-refractivity contribution is 0.557. The number of aryl methyl sites for hydroxylation is 1. The molecule has 0 atom stereocenters. The molecule has 0 aliphatic carbocycles. The zero-order valence-electron chi connectivity index (χ0n) is 12.8. The predicted molar refractivity (Wildman–Crippen MR) is 88.9 cm³/mol. The highest BCUT2D eigenvalue weighted by Crippen LogP contribution is 2.39. The van der Waals surface area contributed by atoms with Crippen LogP contribution in [-0.2, 0) is 0 Å². The number of unbranched alkanes of at least 4 members (excludes halogenated alkanes) is 1. The third-order valence-corrected chi connectivity index (χ3v) is 4.28. The Balaban J connectivity index is 2.50. The first-order valence-electron chi connectivity index (χ1n) is 7.21. The fourth-order valence-corrected chi connectivity index (χ4v) is 3.10. The number of aliphatic imine (C=N–C) groups is 1. The normalized spacial score (nSPS) is 13.2. The lowest BCUT2D eigenvalue weighted by Crippen LogP contribution is -2.24. The number of aromatic nitrogens is 1. The fourth-order valence-electron chi connectivity index (χ4n) is 2.34. The van der Waals surface area contributed by atoms with Crippen molar-refractivity contribution in [1.29, 1.82) is 5.26 Å². The van der Waals surface area contributed by atoms with Crippen LogP contribution in [0.1, 0.15) is 43.5 Å². The molecule has 0 aromatic carbocycles. The molecule has 0 unspecified atom stereocenters. The fraction of sp³-hybridized carbons (Fsp3) is 0.438. The molecular weight excluding hydrogens is 280 g/mol. The lowest BCUT2D eigenvalue weighted by Gasteiger charge is -2.28. The second kappa shape index (κ2) is 6.77. The maximum Gasteiger partial charge on any atom is 0.116 e. The maximum absolute atomic E-state index is 9.47. The number of hydrogen-bond donors (Lipinski definition) is 0. The van der Waals surface area contributed by atoms with E-state index in [0.717, 1.165) is 52.8 Å². The van der Waals surface area contributed by atoms with Gasteiger partial charge in [-0.3, -0.25) is 0 Å². The average molecular weight is 300 g/mol. The van der Waals surface area contributed by atoms with Crippen molar-refractivity contribution >= 4 is 29.5 Å². The van der Waals surface area contributed by atoms with Gasteiger partial charge in [0.05, 0.1) is 17.7 Å². The van der Waals surface area contributed by atoms with Crippen LogP contribution in [-0.4, -0.2) is 28.5 Å². The molecule has 0 saturated heterocycles. The van der Waals surface area contributed by atoms with Crippen LogP contribution < -0.4 is 0 Å². The van der Waals surface area contributed by atoms with Crippen LogP contribution in [0.25, 0.3) is 5.70 Å². The van der Waals surface area contributed by atoms with Crippen LogP contribution >= 0.6 is 11.8 Å².